The third kappa shape index (κ3) is 11.2. The van der Waals surface area contributed by atoms with E-state index in [1.54, 1.807) is 0 Å². The minimum Gasteiger partial charge on any atom is -0.456 e. The van der Waals surface area contributed by atoms with Gasteiger partial charge in [-0.3, -0.25) is 0 Å². The molecular weight excluding hydrogens is 1450 g/mol. The maximum Gasteiger partial charge on any atom is 0.164 e. The highest BCUT2D eigenvalue weighted by molar-refractivity contribution is 6.13. The molecule has 0 unspecified atom stereocenters. The summed E-state index contributed by atoms with van der Waals surface area (Å²) in [4.78, 5) is 31.4. The highest BCUT2D eigenvalue weighted by Crippen LogP contribution is 2.52. The number of nitrogens with zero attached hydrogens (tertiary/aromatic N) is 6. The lowest BCUT2D eigenvalue weighted by atomic mass is 9.82. The van der Waals surface area contributed by atoms with E-state index in [4.69, 9.17) is 47.6 Å². The number of hydrogen-bond acceptors (Lipinski definition) is 10. The number of para-hydroxylation sites is 6. The van der Waals surface area contributed by atoms with Crippen molar-refractivity contribution in [2.75, 3.05) is 0 Å². The Morgan fingerprint density at radius 1 is 0.169 bits per heavy atom. The molecule has 10 nitrogen and oxygen atoms in total. The molecule has 118 heavy (non-hydrogen) atoms. The highest BCUT2D eigenvalue weighted by Gasteiger charge is 2.37. The Kier molecular flexibility index (Phi) is 15.5. The average molecular weight is 1520 g/mol. The molecule has 0 spiro atoms. The topological polar surface area (TPSA) is 130 Å². The van der Waals surface area contributed by atoms with Gasteiger partial charge in [-0.1, -0.05) is 282 Å². The number of rotatable bonds is 10. The minimum absolute atomic E-state index is 0.161. The Morgan fingerprint density at radius 2 is 0.458 bits per heavy atom. The van der Waals surface area contributed by atoms with Crippen molar-refractivity contribution in [2.24, 2.45) is 0 Å². The third-order valence-corrected chi connectivity index (χ3v) is 24.3. The van der Waals surface area contributed by atoms with Gasteiger partial charge in [-0.2, -0.15) is 0 Å². The van der Waals surface area contributed by atoms with Gasteiger partial charge in [-0.05, 0) is 175 Å². The molecule has 2 aliphatic carbocycles. The van der Waals surface area contributed by atoms with Crippen molar-refractivity contribution in [2.45, 2.75) is 38.5 Å². The summed E-state index contributed by atoms with van der Waals surface area (Å²) in [5.74, 6) is 3.66. The standard InChI is InChI=1S/2C54H35N3O2/c1-54(2)45-23-9-6-16-39(45)40-27-26-33(31-46(40)54)52-55-51(32-14-4-3-5-15-32)56-53(57-52)36-29-34(37-19-12-21-43-41-17-7-10-24-47(41)58-49(37)43)28-35(30-36)38-20-13-22-44-42-18-8-11-25-48(42)59-50(38)44;1-54(2)45-17-9-6-14-39(45)40-23-20-35(31-46(40)54)52-55-51(32-12-4-3-5-13-32)56-53(57-52)38-27-36(33-21-24-49-43(29-33)41-15-7-10-18-47(41)58-49)26-37(28-38)34-22-25-50-44(30-34)42-16-8-11-19-48(42)59-50/h2*3-31H,1-2H3. The molecule has 24 rings (SSSR count). The fourth-order valence-corrected chi connectivity index (χ4v) is 18.3. The minimum atomic E-state index is -0.168. The van der Waals surface area contributed by atoms with Crippen LogP contribution in [0, 0.1) is 0 Å². The Bertz CT molecular complexity index is 7630. The first-order valence-corrected chi connectivity index (χ1v) is 40.0. The summed E-state index contributed by atoms with van der Waals surface area (Å²) >= 11 is 0. The monoisotopic (exact) mass is 1510 g/mol. The molecule has 0 radical (unpaired) electrons. The third-order valence-electron chi connectivity index (χ3n) is 24.3. The predicted octanol–water partition coefficient (Wildman–Crippen LogP) is 28.6. The van der Waals surface area contributed by atoms with Gasteiger partial charge < -0.3 is 17.7 Å². The van der Waals surface area contributed by atoms with Crippen molar-refractivity contribution in [3.05, 3.63) is 374 Å². The van der Waals surface area contributed by atoms with Gasteiger partial charge in [0.15, 0.2) is 34.9 Å². The van der Waals surface area contributed by atoms with Crippen molar-refractivity contribution in [1.29, 1.82) is 0 Å². The SMILES string of the molecule is CC1(C)c2ccccc2-c2ccc(-c3nc(-c4ccccc4)nc(-c4cc(-c5ccc6oc7ccccc7c6c5)cc(-c5ccc6oc7ccccc7c6c5)c4)n3)cc21.CC1(C)c2ccccc2-c2ccc(-c3nc(-c4ccccc4)nc(-c4cc(-c5cccc6c5oc5ccccc56)cc(-c5cccc6c5oc5ccccc56)c4)n3)cc21. The van der Waals surface area contributed by atoms with E-state index in [1.165, 1.54) is 44.5 Å². The maximum atomic E-state index is 6.61. The van der Waals surface area contributed by atoms with Crippen LogP contribution in [0.4, 0.5) is 0 Å². The second-order valence-electron chi connectivity index (χ2n) is 32.0. The first-order chi connectivity index (χ1) is 57.9. The number of benzene rings is 16. The van der Waals surface area contributed by atoms with Gasteiger partial charge in [-0.25, -0.2) is 29.9 Å². The summed E-state index contributed by atoms with van der Waals surface area (Å²) < 4.78 is 25.7. The van der Waals surface area contributed by atoms with Crippen LogP contribution in [-0.4, -0.2) is 29.9 Å². The van der Waals surface area contributed by atoms with E-state index in [0.29, 0.717) is 34.9 Å². The van der Waals surface area contributed by atoms with Gasteiger partial charge in [-0.15, -0.1) is 0 Å². The van der Waals surface area contributed by atoms with Crippen LogP contribution in [0.3, 0.4) is 0 Å². The van der Waals surface area contributed by atoms with Crippen molar-refractivity contribution < 1.29 is 17.7 Å². The first kappa shape index (κ1) is 68.3. The molecule has 0 amide bonds. The van der Waals surface area contributed by atoms with Gasteiger partial charge in [0.25, 0.3) is 0 Å². The summed E-state index contributed by atoms with van der Waals surface area (Å²) in [6.07, 6.45) is 0. The van der Waals surface area contributed by atoms with Gasteiger partial charge in [0.05, 0.1) is 0 Å². The molecular formula is C108H70N6O4. The number of hydrogen-bond donors (Lipinski definition) is 0. The zero-order valence-electron chi connectivity index (χ0n) is 64.8. The molecule has 22 aromatic rings. The Morgan fingerprint density at radius 3 is 0.881 bits per heavy atom. The fourth-order valence-electron chi connectivity index (χ4n) is 18.3. The quantitative estimate of drug-likeness (QED) is 0.130. The molecule has 0 saturated heterocycles. The molecule has 0 fully saturated rings. The van der Waals surface area contributed by atoms with Gasteiger partial charge in [0.2, 0.25) is 0 Å². The molecule has 6 heterocycles. The number of fused-ring (bicyclic) bond motifs is 18. The largest absolute Gasteiger partial charge is 0.456 e. The summed E-state index contributed by atoms with van der Waals surface area (Å²) in [6, 6.07) is 123. The lowest BCUT2D eigenvalue weighted by Gasteiger charge is -2.21. The van der Waals surface area contributed by atoms with Crippen molar-refractivity contribution in [3.63, 3.8) is 0 Å². The maximum absolute atomic E-state index is 6.61. The van der Waals surface area contributed by atoms with Crippen LogP contribution in [0.1, 0.15) is 49.9 Å². The molecule has 0 saturated carbocycles. The van der Waals surface area contributed by atoms with E-state index in [-0.39, 0.29) is 10.8 Å². The number of aromatic nitrogens is 6. The van der Waals surface area contributed by atoms with Gasteiger partial charge in [0, 0.05) is 98.4 Å². The van der Waals surface area contributed by atoms with Crippen LogP contribution >= 0.6 is 0 Å². The lowest BCUT2D eigenvalue weighted by molar-refractivity contribution is 0.660. The van der Waals surface area contributed by atoms with Crippen LogP contribution in [0.5, 0.6) is 0 Å². The van der Waals surface area contributed by atoms with E-state index < -0.39 is 0 Å². The molecule has 0 N–H and O–H groups in total. The zero-order valence-corrected chi connectivity index (χ0v) is 64.8. The van der Waals surface area contributed by atoms with E-state index in [9.17, 15) is 0 Å². The summed E-state index contributed by atoms with van der Waals surface area (Å²) in [7, 11) is 0. The molecule has 0 aliphatic heterocycles. The van der Waals surface area contributed by atoms with Crippen LogP contribution in [-0.2, 0) is 10.8 Å². The van der Waals surface area contributed by atoms with Crippen LogP contribution in [0.25, 0.3) is 223 Å². The van der Waals surface area contributed by atoms with Crippen LogP contribution < -0.4 is 0 Å². The molecule has 10 heteroatoms. The van der Waals surface area contributed by atoms with Crippen molar-refractivity contribution >= 4 is 87.8 Å². The van der Waals surface area contributed by atoms with E-state index in [2.05, 4.69) is 295 Å². The average Bonchev–Trinajstić information content (AvgIpc) is 1.57. The second kappa shape index (κ2) is 26.7. The highest BCUT2D eigenvalue weighted by atomic mass is 16.3. The Hall–Kier alpha value is -15.3. The van der Waals surface area contributed by atoms with Crippen molar-refractivity contribution in [3.8, 4) is 135 Å². The summed E-state index contributed by atoms with van der Waals surface area (Å²) in [5, 5.41) is 8.64. The molecule has 16 aromatic carbocycles. The Balaban J connectivity index is 0.000000138. The fraction of sp³-hybridized carbons (Fsp3) is 0.0556. The first-order valence-electron chi connectivity index (χ1n) is 40.0. The predicted molar refractivity (Wildman–Crippen MR) is 478 cm³/mol. The van der Waals surface area contributed by atoms with E-state index in [1.807, 2.05) is 84.9 Å². The zero-order chi connectivity index (χ0) is 78.5. The van der Waals surface area contributed by atoms with E-state index >= 15 is 0 Å². The molecule has 2 aliphatic rings. The molecule has 6 aromatic heterocycles. The molecule has 556 valence electrons. The molecule has 0 bridgehead atoms. The van der Waals surface area contributed by atoms with Gasteiger partial charge >= 0.3 is 0 Å². The van der Waals surface area contributed by atoms with Crippen LogP contribution in [0.2, 0.25) is 0 Å². The lowest BCUT2D eigenvalue weighted by Crippen LogP contribution is -2.15. The second-order valence-corrected chi connectivity index (χ2v) is 32.0. The smallest absolute Gasteiger partial charge is 0.164 e. The van der Waals surface area contributed by atoms with Crippen LogP contribution in [0.15, 0.2) is 370 Å². The molecule has 0 atom stereocenters. The van der Waals surface area contributed by atoms with Gasteiger partial charge in [0.1, 0.15) is 44.7 Å². The summed E-state index contributed by atoms with van der Waals surface area (Å²) in [6.45, 7) is 9.20. The Labute approximate surface area is 678 Å². The number of furan rings is 4. The van der Waals surface area contributed by atoms with E-state index in [0.717, 1.165) is 166 Å². The van der Waals surface area contributed by atoms with Crippen molar-refractivity contribution in [1.82, 2.24) is 29.9 Å². The normalized spacial score (nSPS) is 13.1. The summed E-state index contributed by atoms with van der Waals surface area (Å²) in [5.41, 5.74) is 30.4.